The van der Waals surface area contributed by atoms with Crippen LogP contribution in [0, 0.1) is 0 Å². The first-order chi connectivity index (χ1) is 13.6. The second-order valence-corrected chi connectivity index (χ2v) is 6.64. The zero-order chi connectivity index (χ0) is 19.9. The zero-order valence-electron chi connectivity index (χ0n) is 15.6. The predicted molar refractivity (Wildman–Crippen MR) is 106 cm³/mol. The maximum Gasteiger partial charge on any atom is 0.437 e. The Morgan fingerprint density at radius 1 is 1.25 bits per heavy atom. The molecule has 28 heavy (non-hydrogen) atoms. The first-order valence-corrected chi connectivity index (χ1v) is 9.80. The number of ether oxygens (including phenoxy) is 2. The molecule has 1 N–H and O–H groups in total. The highest BCUT2D eigenvalue weighted by molar-refractivity contribution is 7.13. The highest BCUT2D eigenvalue weighted by Crippen LogP contribution is 2.29. The average molecular weight is 403 g/mol. The number of nitrogens with zero attached hydrogens (tertiary/aromatic N) is 2. The number of amides is 1. The fourth-order valence-electron chi connectivity index (χ4n) is 2.51. The van der Waals surface area contributed by atoms with E-state index in [1.165, 1.54) is 11.3 Å². The molecular weight excluding hydrogens is 382 g/mol. The highest BCUT2D eigenvalue weighted by atomic mass is 32.1. The van der Waals surface area contributed by atoms with Gasteiger partial charge in [-0.05, 0) is 37.4 Å². The number of thiophene rings is 1. The Kier molecular flexibility index (Phi) is 6.49. The Bertz CT molecular complexity index is 978. The number of carbonyl (C=O) groups excluding carboxylic acids is 1. The van der Waals surface area contributed by atoms with E-state index in [1.54, 1.807) is 18.2 Å². The molecule has 0 saturated carbocycles. The van der Waals surface area contributed by atoms with Gasteiger partial charge in [0.1, 0.15) is 11.5 Å². The third-order valence-electron chi connectivity index (χ3n) is 3.72. The van der Waals surface area contributed by atoms with Gasteiger partial charge in [-0.3, -0.25) is 4.79 Å². The van der Waals surface area contributed by atoms with E-state index in [4.69, 9.17) is 13.9 Å². The molecule has 2 heterocycles. The summed E-state index contributed by atoms with van der Waals surface area (Å²) in [5.74, 6) is 0.572. The molecule has 0 radical (unpaired) electrons. The van der Waals surface area contributed by atoms with Crippen LogP contribution in [-0.4, -0.2) is 28.9 Å². The minimum atomic E-state index is -0.593. The molecule has 3 aromatic rings. The van der Waals surface area contributed by atoms with E-state index in [1.807, 2.05) is 31.4 Å². The third-order valence-corrected chi connectivity index (χ3v) is 4.58. The molecule has 1 aromatic carbocycles. The summed E-state index contributed by atoms with van der Waals surface area (Å²) >= 11 is 1.42. The van der Waals surface area contributed by atoms with Crippen molar-refractivity contribution in [3.05, 3.63) is 46.3 Å². The van der Waals surface area contributed by atoms with E-state index >= 15 is 0 Å². The topological polar surface area (TPSA) is 95.6 Å². The second-order valence-electron chi connectivity index (χ2n) is 5.70. The minimum Gasteiger partial charge on any atom is -0.494 e. The van der Waals surface area contributed by atoms with Gasteiger partial charge in [0.05, 0.1) is 30.3 Å². The van der Waals surface area contributed by atoms with Crippen LogP contribution in [-0.2, 0) is 11.3 Å². The van der Waals surface area contributed by atoms with Gasteiger partial charge in [-0.25, -0.2) is 4.79 Å². The summed E-state index contributed by atoms with van der Waals surface area (Å²) in [6.45, 7) is 4.84. The normalized spacial score (nSPS) is 10.6. The number of anilines is 1. The Morgan fingerprint density at radius 2 is 2.07 bits per heavy atom. The molecule has 0 aliphatic heterocycles. The maximum absolute atomic E-state index is 12.4. The molecule has 0 spiro atoms. The maximum atomic E-state index is 12.4. The smallest absolute Gasteiger partial charge is 0.437 e. The summed E-state index contributed by atoms with van der Waals surface area (Å²) in [6, 6.07) is 8.90. The van der Waals surface area contributed by atoms with E-state index in [9.17, 15) is 9.59 Å². The quantitative estimate of drug-likeness (QED) is 0.588. The molecule has 9 heteroatoms. The van der Waals surface area contributed by atoms with Crippen molar-refractivity contribution in [3.63, 3.8) is 0 Å². The lowest BCUT2D eigenvalue weighted by Gasteiger charge is -2.13. The zero-order valence-corrected chi connectivity index (χ0v) is 16.5. The summed E-state index contributed by atoms with van der Waals surface area (Å²) in [6.07, 6.45) is 0.0563. The van der Waals surface area contributed by atoms with Gasteiger partial charge in [-0.2, -0.15) is 4.68 Å². The van der Waals surface area contributed by atoms with Gasteiger partial charge < -0.3 is 19.2 Å². The van der Waals surface area contributed by atoms with E-state index in [-0.39, 0.29) is 24.8 Å². The monoisotopic (exact) mass is 403 g/mol. The molecule has 0 atom stereocenters. The van der Waals surface area contributed by atoms with Crippen molar-refractivity contribution in [3.8, 4) is 22.3 Å². The lowest BCUT2D eigenvalue weighted by molar-refractivity contribution is -0.116. The van der Waals surface area contributed by atoms with Crippen LogP contribution in [0.15, 0.2) is 44.9 Å². The number of benzene rings is 1. The van der Waals surface area contributed by atoms with Gasteiger partial charge >= 0.3 is 5.76 Å². The predicted octanol–water partition coefficient (Wildman–Crippen LogP) is 3.39. The molecule has 2 aromatic heterocycles. The molecule has 0 aliphatic carbocycles. The van der Waals surface area contributed by atoms with Gasteiger partial charge in [0.25, 0.3) is 5.89 Å². The molecule has 1 amide bonds. The van der Waals surface area contributed by atoms with Crippen molar-refractivity contribution >= 4 is 22.9 Å². The fourth-order valence-corrected chi connectivity index (χ4v) is 3.16. The summed E-state index contributed by atoms with van der Waals surface area (Å²) in [5.41, 5.74) is 0.518. The molecule has 0 fully saturated rings. The van der Waals surface area contributed by atoms with Crippen LogP contribution in [0.5, 0.6) is 11.5 Å². The van der Waals surface area contributed by atoms with Crippen LogP contribution in [0.25, 0.3) is 10.8 Å². The van der Waals surface area contributed by atoms with Crippen molar-refractivity contribution in [1.82, 2.24) is 9.78 Å². The summed E-state index contributed by atoms with van der Waals surface area (Å²) in [7, 11) is 0. The number of hydrogen-bond acceptors (Lipinski definition) is 7. The average Bonchev–Trinajstić information content (AvgIpc) is 3.32. The summed E-state index contributed by atoms with van der Waals surface area (Å²) < 4.78 is 17.3. The molecule has 0 aliphatic rings. The van der Waals surface area contributed by atoms with Crippen molar-refractivity contribution in [2.24, 2.45) is 0 Å². The summed E-state index contributed by atoms with van der Waals surface area (Å²) in [5, 5.41) is 8.81. The molecular formula is C19H21N3O5S. The van der Waals surface area contributed by atoms with Crippen LogP contribution in [0.4, 0.5) is 5.69 Å². The molecule has 0 saturated heterocycles. The van der Waals surface area contributed by atoms with Crippen LogP contribution in [0.2, 0.25) is 0 Å². The molecule has 148 valence electrons. The second kappa shape index (κ2) is 9.23. The van der Waals surface area contributed by atoms with Gasteiger partial charge in [-0.15, -0.1) is 16.4 Å². The van der Waals surface area contributed by atoms with E-state index in [0.29, 0.717) is 30.4 Å². The Balaban J connectivity index is 1.66. The first kappa shape index (κ1) is 19.7. The van der Waals surface area contributed by atoms with Crippen LogP contribution in [0.3, 0.4) is 0 Å². The third kappa shape index (κ3) is 4.80. The van der Waals surface area contributed by atoms with E-state index in [0.717, 1.165) is 9.56 Å². The fraction of sp³-hybridized carbons (Fsp3) is 0.316. The van der Waals surface area contributed by atoms with Gasteiger partial charge in [0.15, 0.2) is 0 Å². The molecule has 8 nitrogen and oxygen atoms in total. The minimum absolute atomic E-state index is 0.0563. The lowest BCUT2D eigenvalue weighted by atomic mass is 10.2. The summed E-state index contributed by atoms with van der Waals surface area (Å²) in [4.78, 5) is 25.1. The first-order valence-electron chi connectivity index (χ1n) is 8.92. The standard InChI is InChI=1S/C19H21N3O5S/c1-3-25-13-7-8-15(26-4-2)14(12-13)20-17(23)9-10-22-19(24)27-18(21-22)16-6-5-11-28-16/h5-8,11-12H,3-4,9-10H2,1-2H3,(H,20,23). The molecule has 0 unspecified atom stereocenters. The number of hydrogen-bond donors (Lipinski definition) is 1. The van der Waals surface area contributed by atoms with Crippen molar-refractivity contribution in [2.45, 2.75) is 26.8 Å². The SMILES string of the molecule is CCOc1ccc(OCC)c(NC(=O)CCn2nc(-c3cccs3)oc2=O)c1. The number of aromatic nitrogens is 2. The van der Waals surface area contributed by atoms with Gasteiger partial charge in [0.2, 0.25) is 5.91 Å². The van der Waals surface area contributed by atoms with E-state index < -0.39 is 5.76 Å². The lowest BCUT2D eigenvalue weighted by Crippen LogP contribution is -2.21. The number of nitrogens with one attached hydrogen (secondary N) is 1. The number of carbonyl (C=O) groups is 1. The van der Waals surface area contributed by atoms with Crippen LogP contribution in [0.1, 0.15) is 20.3 Å². The van der Waals surface area contributed by atoms with Crippen molar-refractivity contribution in [2.75, 3.05) is 18.5 Å². The van der Waals surface area contributed by atoms with Crippen LogP contribution >= 0.6 is 11.3 Å². The number of aryl methyl sites for hydroxylation is 1. The molecule has 0 bridgehead atoms. The van der Waals surface area contributed by atoms with Gasteiger partial charge in [-0.1, -0.05) is 6.07 Å². The number of rotatable bonds is 9. The van der Waals surface area contributed by atoms with Crippen LogP contribution < -0.4 is 20.5 Å². The largest absolute Gasteiger partial charge is 0.494 e. The van der Waals surface area contributed by atoms with Crippen molar-refractivity contribution < 1.29 is 18.7 Å². The van der Waals surface area contributed by atoms with E-state index in [2.05, 4.69) is 10.4 Å². The Labute approximate surface area is 165 Å². The molecule has 3 rings (SSSR count). The Morgan fingerprint density at radius 3 is 2.79 bits per heavy atom. The highest BCUT2D eigenvalue weighted by Gasteiger charge is 2.14. The van der Waals surface area contributed by atoms with Crippen molar-refractivity contribution in [1.29, 1.82) is 0 Å². The van der Waals surface area contributed by atoms with Gasteiger partial charge in [0, 0.05) is 12.5 Å². The Hall–Kier alpha value is -3.07.